The van der Waals surface area contributed by atoms with E-state index in [-0.39, 0.29) is 16.7 Å². The fraction of sp³-hybridized carbons (Fsp3) is 0.333. The third kappa shape index (κ3) is 4.34. The average molecular weight is 405 g/mol. The van der Waals surface area contributed by atoms with Gasteiger partial charge in [0.2, 0.25) is 5.91 Å². The van der Waals surface area contributed by atoms with Crippen molar-refractivity contribution in [2.24, 2.45) is 11.8 Å². The number of hydrogen-bond donors (Lipinski definition) is 3. The Morgan fingerprint density at radius 1 is 1.21 bits per heavy atom. The molecule has 1 aromatic carbocycles. The number of rotatable bonds is 6. The smallest absolute Gasteiger partial charge is 0.265 e. The number of hydrazine groups is 1. The number of piperidine rings is 1. The predicted octanol–water partition coefficient (Wildman–Crippen LogP) is 1.10. The fourth-order valence-electron chi connectivity index (χ4n) is 3.17. The van der Waals surface area contributed by atoms with Crippen LogP contribution in [-0.4, -0.2) is 39.5 Å². The summed E-state index contributed by atoms with van der Waals surface area (Å²) < 4.78 is 33.6. The molecule has 0 radical (unpaired) electrons. The molecule has 3 rings (SSSR count). The molecule has 1 aromatic heterocycles. The van der Waals surface area contributed by atoms with Crippen molar-refractivity contribution in [3.63, 3.8) is 0 Å². The van der Waals surface area contributed by atoms with Gasteiger partial charge in [-0.15, -0.1) is 0 Å². The number of sulfonamides is 1. The minimum Gasteiger partial charge on any atom is -0.497 e. The van der Waals surface area contributed by atoms with Gasteiger partial charge in [0, 0.05) is 30.9 Å². The van der Waals surface area contributed by atoms with Crippen molar-refractivity contribution in [3.8, 4) is 5.75 Å². The second-order valence-electron chi connectivity index (χ2n) is 6.43. The molecule has 4 N–H and O–H groups in total. The van der Waals surface area contributed by atoms with E-state index in [1.807, 2.05) is 4.90 Å². The number of hydrogen-bond acceptors (Lipinski definition) is 7. The van der Waals surface area contributed by atoms with Crippen LogP contribution in [0.1, 0.15) is 12.8 Å². The van der Waals surface area contributed by atoms with Crippen molar-refractivity contribution in [1.29, 1.82) is 0 Å². The molecule has 1 amide bonds. The molecule has 0 atom stereocenters. The van der Waals surface area contributed by atoms with Gasteiger partial charge in [0.05, 0.1) is 7.11 Å². The van der Waals surface area contributed by atoms with Crippen molar-refractivity contribution in [3.05, 3.63) is 42.6 Å². The van der Waals surface area contributed by atoms with Crippen LogP contribution in [0.25, 0.3) is 0 Å². The van der Waals surface area contributed by atoms with Crippen LogP contribution in [0.3, 0.4) is 0 Å². The topological polar surface area (TPSA) is 127 Å². The lowest BCUT2D eigenvalue weighted by Gasteiger charge is -2.32. The average Bonchev–Trinajstić information content (AvgIpc) is 2.73. The van der Waals surface area contributed by atoms with Gasteiger partial charge in [0.1, 0.15) is 16.5 Å². The Kier molecular flexibility index (Phi) is 6.00. The molecule has 1 aliphatic heterocycles. The number of amides is 1. The molecule has 0 spiro atoms. The highest BCUT2D eigenvalue weighted by Crippen LogP contribution is 2.29. The highest BCUT2D eigenvalue weighted by molar-refractivity contribution is 7.92. The van der Waals surface area contributed by atoms with Gasteiger partial charge >= 0.3 is 0 Å². The fourth-order valence-corrected chi connectivity index (χ4v) is 4.41. The Balaban J connectivity index is 1.80. The summed E-state index contributed by atoms with van der Waals surface area (Å²) in [6.07, 6.45) is 2.70. The first-order valence-corrected chi connectivity index (χ1v) is 10.3. The number of ether oxygens (including phenoxy) is 1. The maximum atomic E-state index is 12.9. The van der Waals surface area contributed by atoms with Gasteiger partial charge in [0.15, 0.2) is 0 Å². The molecular formula is C18H23N5O4S. The highest BCUT2D eigenvalue weighted by atomic mass is 32.2. The maximum absolute atomic E-state index is 12.9. The number of anilines is 2. The Morgan fingerprint density at radius 3 is 2.50 bits per heavy atom. The van der Waals surface area contributed by atoms with Crippen molar-refractivity contribution >= 4 is 27.4 Å². The molecule has 1 fully saturated rings. The summed E-state index contributed by atoms with van der Waals surface area (Å²) in [4.78, 5) is 18.0. The number of nitrogens with zero attached hydrogens (tertiary/aromatic N) is 2. The number of aromatic nitrogens is 1. The zero-order chi connectivity index (χ0) is 20.1. The number of carbonyl (C=O) groups is 1. The minimum atomic E-state index is -3.84. The lowest BCUT2D eigenvalue weighted by atomic mass is 9.96. The number of pyridine rings is 1. The number of nitrogens with two attached hydrogens (primary N) is 1. The number of nitrogens with one attached hydrogen (secondary N) is 2. The van der Waals surface area contributed by atoms with Gasteiger partial charge in [-0.25, -0.2) is 19.2 Å². The zero-order valence-electron chi connectivity index (χ0n) is 15.5. The number of carbonyl (C=O) groups excluding carboxylic acids is 1. The third-order valence-corrected chi connectivity index (χ3v) is 6.09. The molecule has 1 aliphatic rings. The van der Waals surface area contributed by atoms with E-state index < -0.39 is 10.0 Å². The Morgan fingerprint density at radius 2 is 1.89 bits per heavy atom. The van der Waals surface area contributed by atoms with E-state index in [1.54, 1.807) is 43.6 Å². The molecule has 28 heavy (non-hydrogen) atoms. The molecule has 0 aliphatic carbocycles. The van der Waals surface area contributed by atoms with Crippen molar-refractivity contribution < 1.29 is 17.9 Å². The lowest BCUT2D eigenvalue weighted by Crippen LogP contribution is -2.43. The van der Waals surface area contributed by atoms with Crippen molar-refractivity contribution in [1.82, 2.24) is 10.4 Å². The summed E-state index contributed by atoms with van der Waals surface area (Å²) in [5.41, 5.74) is 2.60. The van der Waals surface area contributed by atoms with Gasteiger partial charge in [-0.1, -0.05) is 0 Å². The molecular weight excluding hydrogens is 382 g/mol. The SMILES string of the molecule is COc1ccc(NS(=O)(=O)c2cccnc2N2CCC(C(=O)NN)CC2)cc1. The lowest BCUT2D eigenvalue weighted by molar-refractivity contribution is -0.125. The number of benzene rings is 1. The van der Waals surface area contributed by atoms with Crippen LogP contribution in [0.4, 0.5) is 11.5 Å². The molecule has 0 bridgehead atoms. The van der Waals surface area contributed by atoms with E-state index in [1.165, 1.54) is 6.07 Å². The molecule has 0 unspecified atom stereocenters. The van der Waals surface area contributed by atoms with Gasteiger partial charge in [-0.3, -0.25) is 14.9 Å². The first-order chi connectivity index (χ1) is 13.4. The second-order valence-corrected chi connectivity index (χ2v) is 8.08. The van der Waals surface area contributed by atoms with E-state index in [2.05, 4.69) is 15.1 Å². The van der Waals surface area contributed by atoms with E-state index in [9.17, 15) is 13.2 Å². The van der Waals surface area contributed by atoms with Gasteiger partial charge < -0.3 is 9.64 Å². The van der Waals surface area contributed by atoms with Crippen LogP contribution in [-0.2, 0) is 14.8 Å². The highest BCUT2D eigenvalue weighted by Gasteiger charge is 2.29. The molecule has 2 aromatic rings. The first-order valence-electron chi connectivity index (χ1n) is 8.82. The molecule has 0 saturated carbocycles. The van der Waals surface area contributed by atoms with E-state index in [0.29, 0.717) is 43.2 Å². The Bertz CT molecular complexity index is 925. The maximum Gasteiger partial charge on any atom is 0.265 e. The first kappa shape index (κ1) is 19.9. The van der Waals surface area contributed by atoms with Gasteiger partial charge in [-0.2, -0.15) is 0 Å². The summed E-state index contributed by atoms with van der Waals surface area (Å²) in [6.45, 7) is 1.03. The summed E-state index contributed by atoms with van der Waals surface area (Å²) >= 11 is 0. The van der Waals surface area contributed by atoms with Crippen LogP contribution in [0.5, 0.6) is 5.75 Å². The summed E-state index contributed by atoms with van der Waals surface area (Å²) in [7, 11) is -2.30. The second kappa shape index (κ2) is 8.44. The normalized spacial score (nSPS) is 15.1. The number of methoxy groups -OCH3 is 1. The third-order valence-electron chi connectivity index (χ3n) is 4.69. The quantitative estimate of drug-likeness (QED) is 0.373. The van der Waals surface area contributed by atoms with E-state index in [4.69, 9.17) is 10.6 Å². The van der Waals surface area contributed by atoms with Crippen LogP contribution in [0.2, 0.25) is 0 Å². The monoisotopic (exact) mass is 405 g/mol. The summed E-state index contributed by atoms with van der Waals surface area (Å²) in [5.74, 6) is 5.83. The van der Waals surface area contributed by atoms with E-state index >= 15 is 0 Å². The molecule has 2 heterocycles. The summed E-state index contributed by atoms with van der Waals surface area (Å²) in [6, 6.07) is 9.71. The molecule has 150 valence electrons. The predicted molar refractivity (Wildman–Crippen MR) is 105 cm³/mol. The van der Waals surface area contributed by atoms with Crippen LogP contribution in [0, 0.1) is 5.92 Å². The largest absolute Gasteiger partial charge is 0.497 e. The van der Waals surface area contributed by atoms with Crippen molar-refractivity contribution in [2.75, 3.05) is 29.8 Å². The summed E-state index contributed by atoms with van der Waals surface area (Å²) in [5, 5.41) is 0. The zero-order valence-corrected chi connectivity index (χ0v) is 16.3. The Labute approximate surface area is 163 Å². The molecule has 9 nitrogen and oxygen atoms in total. The molecule has 10 heteroatoms. The van der Waals surface area contributed by atoms with Crippen LogP contribution in [0.15, 0.2) is 47.5 Å². The van der Waals surface area contributed by atoms with Gasteiger partial charge in [-0.05, 0) is 49.2 Å². The molecule has 1 saturated heterocycles. The van der Waals surface area contributed by atoms with Gasteiger partial charge in [0.25, 0.3) is 10.0 Å². The standard InChI is InChI=1S/C18H23N5O4S/c1-27-15-6-4-14(5-7-15)22-28(25,26)16-3-2-10-20-17(16)23-11-8-13(9-12-23)18(24)21-19/h2-7,10,13,22H,8-9,11-12,19H2,1H3,(H,21,24). The van der Waals surface area contributed by atoms with Crippen LogP contribution >= 0.6 is 0 Å². The van der Waals surface area contributed by atoms with Crippen LogP contribution < -0.4 is 25.6 Å². The Hall–Kier alpha value is -2.85. The van der Waals surface area contributed by atoms with E-state index in [0.717, 1.165) is 0 Å². The minimum absolute atomic E-state index is 0.0903. The van der Waals surface area contributed by atoms with Crippen molar-refractivity contribution in [2.45, 2.75) is 17.7 Å².